The highest BCUT2D eigenvalue weighted by molar-refractivity contribution is 9.10. The molecule has 1 fully saturated rings. The van der Waals surface area contributed by atoms with Gasteiger partial charge in [0.1, 0.15) is 5.70 Å². The van der Waals surface area contributed by atoms with Crippen molar-refractivity contribution in [2.45, 2.75) is 20.4 Å². The fraction of sp³-hybridized carbons (Fsp3) is 0.227. The quantitative estimate of drug-likeness (QED) is 0.433. The van der Waals surface area contributed by atoms with Crippen molar-refractivity contribution in [3.8, 4) is 11.5 Å². The molecule has 2 aromatic carbocycles. The number of benzene rings is 2. The molecule has 0 spiro atoms. The summed E-state index contributed by atoms with van der Waals surface area (Å²) in [4.78, 5) is 37.1. The van der Waals surface area contributed by atoms with Crippen LogP contribution in [0.25, 0.3) is 6.08 Å². The van der Waals surface area contributed by atoms with E-state index in [9.17, 15) is 14.4 Å². The maximum absolute atomic E-state index is 12.8. The molecular weight excluding hydrogens is 468 g/mol. The minimum Gasteiger partial charge on any atom is -0.490 e. The molecule has 9 heteroatoms. The molecule has 0 radical (unpaired) electrons. The van der Waals surface area contributed by atoms with Crippen molar-refractivity contribution in [1.29, 1.82) is 0 Å². The number of rotatable bonds is 8. The van der Waals surface area contributed by atoms with Crippen LogP contribution in [0.5, 0.6) is 11.5 Å². The Bertz CT molecular complexity index is 1070. The van der Waals surface area contributed by atoms with E-state index in [0.29, 0.717) is 22.4 Å². The zero-order valence-electron chi connectivity index (χ0n) is 17.0. The van der Waals surface area contributed by atoms with Gasteiger partial charge in [0.05, 0.1) is 17.6 Å². The number of nitrogens with one attached hydrogen (secondary N) is 1. The SMILES string of the molecule is CCOc1cc(/C=C2/NC(=O)N(Cc3cccc(C)c3)C2=O)cc(Br)c1OCC(=O)O. The molecule has 8 nitrogen and oxygen atoms in total. The molecule has 2 aromatic rings. The van der Waals surface area contributed by atoms with Crippen LogP contribution in [0.3, 0.4) is 0 Å². The number of halogens is 1. The van der Waals surface area contributed by atoms with E-state index in [1.807, 2.05) is 31.2 Å². The van der Waals surface area contributed by atoms with E-state index in [2.05, 4.69) is 21.2 Å². The number of ether oxygens (including phenoxy) is 2. The molecule has 0 unspecified atom stereocenters. The number of hydrogen-bond acceptors (Lipinski definition) is 5. The minimum absolute atomic E-state index is 0.131. The molecular formula is C22H21BrN2O6. The van der Waals surface area contributed by atoms with E-state index in [4.69, 9.17) is 14.6 Å². The third-order valence-electron chi connectivity index (χ3n) is 4.37. The molecule has 1 aliphatic heterocycles. The number of imide groups is 1. The van der Waals surface area contributed by atoms with Crippen molar-refractivity contribution in [3.63, 3.8) is 0 Å². The van der Waals surface area contributed by atoms with Gasteiger partial charge in [-0.1, -0.05) is 29.8 Å². The number of urea groups is 1. The highest BCUT2D eigenvalue weighted by atomic mass is 79.9. The average Bonchev–Trinajstić information content (AvgIpc) is 2.95. The minimum atomic E-state index is -1.12. The van der Waals surface area contributed by atoms with E-state index >= 15 is 0 Å². The van der Waals surface area contributed by atoms with Crippen LogP contribution in [0, 0.1) is 6.92 Å². The van der Waals surface area contributed by atoms with Crippen molar-refractivity contribution in [1.82, 2.24) is 10.2 Å². The molecule has 0 saturated carbocycles. The van der Waals surface area contributed by atoms with Crippen molar-refractivity contribution in [2.75, 3.05) is 13.2 Å². The molecule has 0 bridgehead atoms. The van der Waals surface area contributed by atoms with Crippen LogP contribution < -0.4 is 14.8 Å². The highest BCUT2D eigenvalue weighted by Crippen LogP contribution is 2.37. The molecule has 1 heterocycles. The number of aryl methyl sites for hydroxylation is 1. The van der Waals surface area contributed by atoms with Gasteiger partial charge in [0.2, 0.25) is 0 Å². The highest BCUT2D eigenvalue weighted by Gasteiger charge is 2.33. The molecule has 0 aromatic heterocycles. The third-order valence-corrected chi connectivity index (χ3v) is 4.96. The lowest BCUT2D eigenvalue weighted by molar-refractivity contribution is -0.139. The largest absolute Gasteiger partial charge is 0.490 e. The van der Waals surface area contributed by atoms with E-state index < -0.39 is 24.5 Å². The molecule has 2 N–H and O–H groups in total. The Balaban J connectivity index is 1.86. The fourth-order valence-electron chi connectivity index (χ4n) is 3.08. The molecule has 3 rings (SSSR count). The smallest absolute Gasteiger partial charge is 0.341 e. The molecule has 31 heavy (non-hydrogen) atoms. The third kappa shape index (κ3) is 5.43. The summed E-state index contributed by atoms with van der Waals surface area (Å²) in [6, 6.07) is 10.4. The number of aliphatic carboxylic acids is 1. The zero-order chi connectivity index (χ0) is 22.5. The molecule has 0 aliphatic carbocycles. The van der Waals surface area contributed by atoms with Crippen LogP contribution in [-0.4, -0.2) is 41.1 Å². The Kier molecular flexibility index (Phi) is 6.96. The Morgan fingerprint density at radius 3 is 2.68 bits per heavy atom. The topological polar surface area (TPSA) is 105 Å². The monoisotopic (exact) mass is 488 g/mol. The van der Waals surface area contributed by atoms with Crippen molar-refractivity contribution in [2.24, 2.45) is 0 Å². The number of hydrogen-bond donors (Lipinski definition) is 2. The second-order valence-corrected chi connectivity index (χ2v) is 7.67. The Labute approximate surface area is 187 Å². The first kappa shape index (κ1) is 22.4. The average molecular weight is 489 g/mol. The van der Waals surface area contributed by atoms with Gasteiger partial charge >= 0.3 is 12.0 Å². The van der Waals surface area contributed by atoms with Crippen LogP contribution in [0.15, 0.2) is 46.6 Å². The summed E-state index contributed by atoms with van der Waals surface area (Å²) < 4.78 is 11.3. The van der Waals surface area contributed by atoms with E-state index in [1.165, 1.54) is 6.08 Å². The number of carboxylic acids is 1. The Morgan fingerprint density at radius 1 is 1.23 bits per heavy atom. The van der Waals surface area contributed by atoms with E-state index in [0.717, 1.165) is 16.0 Å². The van der Waals surface area contributed by atoms with E-state index in [-0.39, 0.29) is 18.0 Å². The number of carboxylic acid groups (broad SMARTS) is 1. The molecule has 1 saturated heterocycles. The van der Waals surface area contributed by atoms with Crippen molar-refractivity contribution in [3.05, 3.63) is 63.3 Å². The molecule has 162 valence electrons. The van der Waals surface area contributed by atoms with Crippen LogP contribution in [-0.2, 0) is 16.1 Å². The van der Waals surface area contributed by atoms with Gasteiger partial charge in [0.25, 0.3) is 5.91 Å². The first-order valence-electron chi connectivity index (χ1n) is 9.49. The number of nitrogens with zero attached hydrogens (tertiary/aromatic N) is 1. The predicted molar refractivity (Wildman–Crippen MR) is 117 cm³/mol. The van der Waals surface area contributed by atoms with Crippen LogP contribution in [0.1, 0.15) is 23.6 Å². The standard InChI is InChI=1S/C22H21BrN2O6/c1-3-30-18-10-15(8-16(23)20(18)31-12-19(26)27)9-17-21(28)25(22(29)24-17)11-14-6-4-5-13(2)7-14/h4-10H,3,11-12H2,1-2H3,(H,24,29)(H,26,27)/b17-9+. The number of carbonyl (C=O) groups is 3. The van der Waals surface area contributed by atoms with Crippen LogP contribution >= 0.6 is 15.9 Å². The lowest BCUT2D eigenvalue weighted by atomic mass is 10.1. The summed E-state index contributed by atoms with van der Waals surface area (Å²) in [5.74, 6) is -0.993. The summed E-state index contributed by atoms with van der Waals surface area (Å²) in [6.45, 7) is 3.69. The second kappa shape index (κ2) is 9.65. The summed E-state index contributed by atoms with van der Waals surface area (Å²) in [5, 5.41) is 11.5. The molecule has 1 aliphatic rings. The Hall–Kier alpha value is -3.33. The zero-order valence-corrected chi connectivity index (χ0v) is 18.6. The summed E-state index contributed by atoms with van der Waals surface area (Å²) in [6.07, 6.45) is 1.53. The van der Waals surface area contributed by atoms with Crippen molar-refractivity contribution < 1.29 is 29.0 Å². The van der Waals surface area contributed by atoms with Crippen molar-refractivity contribution >= 4 is 39.9 Å². The number of carbonyl (C=O) groups excluding carboxylic acids is 2. The van der Waals surface area contributed by atoms with Gasteiger partial charge in [-0.15, -0.1) is 0 Å². The van der Waals surface area contributed by atoms with Gasteiger partial charge in [-0.05, 0) is 59.1 Å². The van der Waals surface area contributed by atoms with E-state index in [1.54, 1.807) is 19.1 Å². The lowest BCUT2D eigenvalue weighted by Crippen LogP contribution is -2.30. The summed E-state index contributed by atoms with van der Waals surface area (Å²) in [7, 11) is 0. The van der Waals surface area contributed by atoms with Crippen LogP contribution in [0.4, 0.5) is 4.79 Å². The Morgan fingerprint density at radius 2 is 2.00 bits per heavy atom. The molecule has 3 amide bonds. The maximum atomic E-state index is 12.8. The van der Waals surface area contributed by atoms with Gasteiger partial charge in [0.15, 0.2) is 18.1 Å². The summed E-state index contributed by atoms with van der Waals surface area (Å²) >= 11 is 3.35. The number of amides is 3. The van der Waals surface area contributed by atoms with Gasteiger partial charge in [-0.2, -0.15) is 0 Å². The first-order chi connectivity index (χ1) is 14.8. The fourth-order valence-corrected chi connectivity index (χ4v) is 3.66. The van der Waals surface area contributed by atoms with Gasteiger partial charge in [-0.25, -0.2) is 9.59 Å². The maximum Gasteiger partial charge on any atom is 0.341 e. The normalized spacial score (nSPS) is 14.7. The van der Waals surface area contributed by atoms with Gasteiger partial charge in [-0.3, -0.25) is 9.69 Å². The first-order valence-corrected chi connectivity index (χ1v) is 10.3. The predicted octanol–water partition coefficient (Wildman–Crippen LogP) is 3.71. The molecule has 0 atom stereocenters. The van der Waals surface area contributed by atoms with Gasteiger partial charge < -0.3 is 19.9 Å². The second-order valence-electron chi connectivity index (χ2n) is 6.81. The lowest BCUT2D eigenvalue weighted by Gasteiger charge is -2.14. The summed E-state index contributed by atoms with van der Waals surface area (Å²) in [5.41, 5.74) is 2.59. The van der Waals surface area contributed by atoms with Crippen LogP contribution in [0.2, 0.25) is 0 Å². The van der Waals surface area contributed by atoms with Gasteiger partial charge in [0, 0.05) is 0 Å².